The molecular formula is C12H14BrN5O. The first kappa shape index (κ1) is 13.5. The first-order valence-electron chi connectivity index (χ1n) is 5.59. The summed E-state index contributed by atoms with van der Waals surface area (Å²) in [6.45, 7) is 0.659. The van der Waals surface area contributed by atoms with Crippen LogP contribution in [0.4, 0.5) is 11.9 Å². The molecule has 2 aromatic rings. The number of halogens is 1. The summed E-state index contributed by atoms with van der Waals surface area (Å²) >= 11 is 3.44. The molecule has 0 aliphatic rings. The number of aromatic nitrogens is 3. The van der Waals surface area contributed by atoms with Crippen molar-refractivity contribution in [2.45, 2.75) is 6.54 Å². The van der Waals surface area contributed by atoms with Crippen molar-refractivity contribution in [2.75, 3.05) is 24.8 Å². The van der Waals surface area contributed by atoms with Crippen molar-refractivity contribution in [1.29, 1.82) is 0 Å². The van der Waals surface area contributed by atoms with Gasteiger partial charge in [0.15, 0.2) is 0 Å². The monoisotopic (exact) mass is 323 g/mol. The molecule has 1 heterocycles. The summed E-state index contributed by atoms with van der Waals surface area (Å²) in [7, 11) is 3.38. The SMILES string of the molecule is COc1nc(N)nc(N(C)Cc2cccc(Br)c2)n1. The van der Waals surface area contributed by atoms with Crippen LogP contribution in [-0.4, -0.2) is 29.1 Å². The van der Waals surface area contributed by atoms with Crippen molar-refractivity contribution < 1.29 is 4.74 Å². The molecule has 0 amide bonds. The van der Waals surface area contributed by atoms with Gasteiger partial charge in [0.05, 0.1) is 7.11 Å². The van der Waals surface area contributed by atoms with Gasteiger partial charge in [-0.1, -0.05) is 28.1 Å². The van der Waals surface area contributed by atoms with E-state index in [0.717, 1.165) is 10.0 Å². The Balaban J connectivity index is 2.20. The maximum Gasteiger partial charge on any atom is 0.322 e. The van der Waals surface area contributed by atoms with Gasteiger partial charge in [-0.3, -0.25) is 0 Å². The summed E-state index contributed by atoms with van der Waals surface area (Å²) in [6.07, 6.45) is 0. The topological polar surface area (TPSA) is 77.2 Å². The molecule has 100 valence electrons. The summed E-state index contributed by atoms with van der Waals surface area (Å²) in [5, 5.41) is 0. The molecule has 0 fully saturated rings. The summed E-state index contributed by atoms with van der Waals surface area (Å²) in [4.78, 5) is 14.0. The third-order valence-electron chi connectivity index (χ3n) is 2.45. The van der Waals surface area contributed by atoms with Crippen LogP contribution in [0.1, 0.15) is 5.56 Å². The van der Waals surface area contributed by atoms with Crippen LogP contribution in [0, 0.1) is 0 Å². The molecule has 0 aliphatic heterocycles. The maximum atomic E-state index is 5.61. The van der Waals surface area contributed by atoms with Gasteiger partial charge in [-0.2, -0.15) is 15.0 Å². The van der Waals surface area contributed by atoms with Crippen LogP contribution < -0.4 is 15.4 Å². The predicted molar refractivity (Wildman–Crippen MR) is 77.0 cm³/mol. The fourth-order valence-corrected chi connectivity index (χ4v) is 2.05. The minimum Gasteiger partial charge on any atom is -0.467 e. The molecule has 7 heteroatoms. The third kappa shape index (κ3) is 3.54. The first-order chi connectivity index (χ1) is 9.08. The Morgan fingerprint density at radius 1 is 1.32 bits per heavy atom. The number of nitrogen functional groups attached to an aromatic ring is 1. The summed E-state index contributed by atoms with van der Waals surface area (Å²) in [6, 6.07) is 8.24. The van der Waals surface area contributed by atoms with E-state index in [0.29, 0.717) is 12.5 Å². The molecule has 19 heavy (non-hydrogen) atoms. The molecule has 0 saturated heterocycles. The number of nitrogens with two attached hydrogens (primary N) is 1. The average molecular weight is 324 g/mol. The predicted octanol–water partition coefficient (Wildman–Crippen LogP) is 1.86. The number of ether oxygens (including phenoxy) is 1. The lowest BCUT2D eigenvalue weighted by molar-refractivity contribution is 0.379. The van der Waals surface area contributed by atoms with Crippen LogP contribution in [-0.2, 0) is 6.54 Å². The lowest BCUT2D eigenvalue weighted by atomic mass is 10.2. The van der Waals surface area contributed by atoms with E-state index in [1.165, 1.54) is 7.11 Å². The van der Waals surface area contributed by atoms with Gasteiger partial charge < -0.3 is 15.4 Å². The van der Waals surface area contributed by atoms with Gasteiger partial charge in [0.25, 0.3) is 0 Å². The van der Waals surface area contributed by atoms with Gasteiger partial charge in [-0.15, -0.1) is 0 Å². The molecule has 2 rings (SSSR count). The zero-order chi connectivity index (χ0) is 13.8. The van der Waals surface area contributed by atoms with Gasteiger partial charge in [0, 0.05) is 18.1 Å². The van der Waals surface area contributed by atoms with Crippen LogP contribution in [0.15, 0.2) is 28.7 Å². The lowest BCUT2D eigenvalue weighted by Crippen LogP contribution is -2.20. The number of nitrogens with zero attached hydrogens (tertiary/aromatic N) is 4. The molecular weight excluding hydrogens is 310 g/mol. The molecule has 0 spiro atoms. The zero-order valence-corrected chi connectivity index (χ0v) is 12.3. The van der Waals surface area contributed by atoms with Crippen molar-refractivity contribution in [3.8, 4) is 6.01 Å². The second kappa shape index (κ2) is 5.83. The van der Waals surface area contributed by atoms with Crippen molar-refractivity contribution in [3.63, 3.8) is 0 Å². The molecule has 1 aromatic heterocycles. The standard InChI is InChI=1S/C12H14BrN5O/c1-18(7-8-4-3-5-9(13)6-8)11-15-10(14)16-12(17-11)19-2/h3-6H,7H2,1-2H3,(H2,14,15,16,17). The Hall–Kier alpha value is -1.89. The number of rotatable bonds is 4. The van der Waals surface area contributed by atoms with E-state index in [1.54, 1.807) is 0 Å². The molecule has 0 bridgehead atoms. The number of hydrogen-bond acceptors (Lipinski definition) is 6. The van der Waals surface area contributed by atoms with Crippen LogP contribution in [0.2, 0.25) is 0 Å². The van der Waals surface area contributed by atoms with E-state index in [9.17, 15) is 0 Å². The van der Waals surface area contributed by atoms with E-state index in [1.807, 2.05) is 36.2 Å². The average Bonchev–Trinajstić information content (AvgIpc) is 2.38. The van der Waals surface area contributed by atoms with E-state index in [4.69, 9.17) is 10.5 Å². The summed E-state index contributed by atoms with van der Waals surface area (Å²) in [5.41, 5.74) is 6.75. The summed E-state index contributed by atoms with van der Waals surface area (Å²) in [5.74, 6) is 0.618. The van der Waals surface area contributed by atoms with Crippen molar-refractivity contribution in [2.24, 2.45) is 0 Å². The highest BCUT2D eigenvalue weighted by molar-refractivity contribution is 9.10. The smallest absolute Gasteiger partial charge is 0.322 e. The highest BCUT2D eigenvalue weighted by Crippen LogP contribution is 2.17. The molecule has 0 atom stereocenters. The first-order valence-corrected chi connectivity index (χ1v) is 6.39. The Kier molecular flexibility index (Phi) is 4.16. The molecule has 6 nitrogen and oxygen atoms in total. The number of methoxy groups -OCH3 is 1. The van der Waals surface area contributed by atoms with Crippen LogP contribution in [0.5, 0.6) is 6.01 Å². The Labute approximate surface area is 119 Å². The van der Waals surface area contributed by atoms with Gasteiger partial charge >= 0.3 is 6.01 Å². The number of benzene rings is 1. The minimum absolute atomic E-state index is 0.142. The quantitative estimate of drug-likeness (QED) is 0.925. The minimum atomic E-state index is 0.142. The van der Waals surface area contributed by atoms with E-state index in [-0.39, 0.29) is 12.0 Å². The third-order valence-corrected chi connectivity index (χ3v) is 2.95. The summed E-state index contributed by atoms with van der Waals surface area (Å²) < 4.78 is 6.01. The Morgan fingerprint density at radius 2 is 2.11 bits per heavy atom. The number of anilines is 2. The molecule has 0 radical (unpaired) electrons. The van der Waals surface area contributed by atoms with E-state index < -0.39 is 0 Å². The largest absolute Gasteiger partial charge is 0.467 e. The second-order valence-electron chi connectivity index (χ2n) is 3.97. The highest BCUT2D eigenvalue weighted by atomic mass is 79.9. The van der Waals surface area contributed by atoms with Crippen LogP contribution in [0.25, 0.3) is 0 Å². The van der Waals surface area contributed by atoms with Gasteiger partial charge in [0.2, 0.25) is 11.9 Å². The van der Waals surface area contributed by atoms with Crippen molar-refractivity contribution in [3.05, 3.63) is 34.3 Å². The van der Waals surface area contributed by atoms with Crippen LogP contribution >= 0.6 is 15.9 Å². The molecule has 0 aliphatic carbocycles. The Morgan fingerprint density at radius 3 is 2.79 bits per heavy atom. The molecule has 0 saturated carbocycles. The van der Waals surface area contributed by atoms with Crippen LogP contribution in [0.3, 0.4) is 0 Å². The number of hydrogen-bond donors (Lipinski definition) is 1. The highest BCUT2D eigenvalue weighted by Gasteiger charge is 2.09. The zero-order valence-electron chi connectivity index (χ0n) is 10.7. The molecule has 0 unspecified atom stereocenters. The molecule has 2 N–H and O–H groups in total. The van der Waals surface area contributed by atoms with Gasteiger partial charge in [-0.05, 0) is 17.7 Å². The molecule has 1 aromatic carbocycles. The second-order valence-corrected chi connectivity index (χ2v) is 4.88. The Bertz CT molecular complexity index is 578. The maximum absolute atomic E-state index is 5.61. The fraction of sp³-hybridized carbons (Fsp3) is 0.250. The van der Waals surface area contributed by atoms with E-state index in [2.05, 4.69) is 30.9 Å². The fourth-order valence-electron chi connectivity index (χ4n) is 1.60. The van der Waals surface area contributed by atoms with Gasteiger partial charge in [0.1, 0.15) is 0 Å². The van der Waals surface area contributed by atoms with Crippen molar-refractivity contribution in [1.82, 2.24) is 15.0 Å². The lowest BCUT2D eigenvalue weighted by Gasteiger charge is -2.17. The van der Waals surface area contributed by atoms with Gasteiger partial charge in [-0.25, -0.2) is 0 Å². The normalized spacial score (nSPS) is 10.3. The van der Waals surface area contributed by atoms with Crippen molar-refractivity contribution >= 4 is 27.8 Å². The van der Waals surface area contributed by atoms with E-state index >= 15 is 0 Å².